The van der Waals surface area contributed by atoms with Crippen LogP contribution in [0.2, 0.25) is 0 Å². The first-order valence-electron chi connectivity index (χ1n) is 17.9. The quantitative estimate of drug-likeness (QED) is 0.0571. The zero-order chi connectivity index (χ0) is 35.2. The van der Waals surface area contributed by atoms with Gasteiger partial charge in [0.15, 0.2) is 0 Å². The molecule has 0 fully saturated rings. The molecule has 0 amide bonds. The summed E-state index contributed by atoms with van der Waals surface area (Å²) in [5, 5.41) is 2.99. The second-order valence-electron chi connectivity index (χ2n) is 13.0. The Kier molecular flexibility index (Phi) is 19.4. The van der Waals surface area contributed by atoms with Crippen molar-refractivity contribution < 1.29 is 25.9 Å². The van der Waals surface area contributed by atoms with E-state index in [0.29, 0.717) is 10.8 Å². The molecule has 4 aromatic rings. The average molecular weight is 735 g/mol. The summed E-state index contributed by atoms with van der Waals surface area (Å²) in [5.41, 5.74) is 3.82. The van der Waals surface area contributed by atoms with Gasteiger partial charge >= 0.3 is 37.7 Å². The summed E-state index contributed by atoms with van der Waals surface area (Å²) in [6.45, 7) is 8.55. The van der Waals surface area contributed by atoms with Crippen molar-refractivity contribution in [3.63, 3.8) is 0 Å². The maximum Gasteiger partial charge on any atom is 2.00 e. The fraction of sp³-hybridized carbons (Fsp3) is 0.500. The van der Waals surface area contributed by atoms with Crippen LogP contribution in [0.4, 0.5) is 0 Å². The predicted octanol–water partition coefficient (Wildman–Crippen LogP) is 10.0. The van der Waals surface area contributed by atoms with Crippen molar-refractivity contribution in [3.05, 3.63) is 82.9 Å². The molecule has 49 heavy (non-hydrogen) atoms. The molecule has 0 aromatic heterocycles. The molecule has 0 atom stereocenters. The third-order valence-electron chi connectivity index (χ3n) is 8.95. The molecule has 0 aliphatic heterocycles. The Morgan fingerprint density at radius 2 is 0.796 bits per heavy atom. The molecule has 4 rings (SSSR count). The first-order chi connectivity index (χ1) is 22.9. The van der Waals surface area contributed by atoms with Gasteiger partial charge in [-0.15, -0.1) is 0 Å². The fourth-order valence-electron chi connectivity index (χ4n) is 6.43. The van der Waals surface area contributed by atoms with Crippen LogP contribution in [0, 0.1) is 0 Å². The van der Waals surface area contributed by atoms with Crippen LogP contribution in [0.15, 0.2) is 70.5 Å². The Hall–Kier alpha value is -1.52. The summed E-state index contributed by atoms with van der Waals surface area (Å²) in [7, 11) is -8.97. The Morgan fingerprint density at radius 1 is 0.469 bits per heavy atom. The van der Waals surface area contributed by atoms with Crippen molar-refractivity contribution >= 4 is 79.5 Å². The van der Waals surface area contributed by atoms with Crippen molar-refractivity contribution in [3.8, 4) is 0 Å². The Morgan fingerprint density at radius 3 is 1.10 bits per heavy atom. The second kappa shape index (κ2) is 21.8. The number of unbranched alkanes of at least 4 members (excludes halogenated alkanes) is 8. The van der Waals surface area contributed by atoms with E-state index < -0.39 is 20.2 Å². The zero-order valence-electron chi connectivity index (χ0n) is 30.1. The van der Waals surface area contributed by atoms with Crippen molar-refractivity contribution in [1.82, 2.24) is 0 Å². The minimum Gasteiger partial charge on any atom is -0.744 e. The SMILES string of the molecule is CCCCCc1cc(S(=O)(=O)[O-])c2c(CCCCC)cccc2c1.CCCCCc1cc(S(=O)(=O)[O-])c2c(CCCCC)cccc2c1.[Ca+2]. The molecule has 0 unspecified atom stereocenters. The van der Waals surface area contributed by atoms with Crippen LogP contribution in [-0.2, 0) is 45.9 Å². The molecule has 6 nitrogen and oxygen atoms in total. The number of benzene rings is 4. The van der Waals surface area contributed by atoms with E-state index in [1.54, 1.807) is 12.1 Å². The molecule has 0 aliphatic carbocycles. The van der Waals surface area contributed by atoms with E-state index >= 15 is 0 Å². The molecule has 0 bridgehead atoms. The maximum atomic E-state index is 11.9. The molecule has 0 saturated heterocycles. The smallest absolute Gasteiger partial charge is 0.744 e. The van der Waals surface area contributed by atoms with E-state index in [1.807, 2.05) is 48.5 Å². The van der Waals surface area contributed by atoms with E-state index in [2.05, 4.69) is 27.7 Å². The summed E-state index contributed by atoms with van der Waals surface area (Å²) in [5.74, 6) is 0. The second-order valence-corrected chi connectivity index (χ2v) is 15.7. The number of aryl methyl sites for hydroxylation is 4. The molecule has 0 saturated carbocycles. The van der Waals surface area contributed by atoms with Crippen molar-refractivity contribution in [2.75, 3.05) is 0 Å². The molecule has 0 N–H and O–H groups in total. The van der Waals surface area contributed by atoms with Crippen LogP contribution < -0.4 is 0 Å². The molecule has 0 spiro atoms. The van der Waals surface area contributed by atoms with Crippen LogP contribution in [-0.4, -0.2) is 63.7 Å². The maximum absolute atomic E-state index is 11.9. The fourth-order valence-corrected chi connectivity index (χ4v) is 8.02. The zero-order valence-corrected chi connectivity index (χ0v) is 33.9. The summed E-state index contributed by atoms with van der Waals surface area (Å²) >= 11 is 0. The third-order valence-corrected chi connectivity index (χ3v) is 10.7. The standard InChI is InChI=1S/2C20H28O3S.Ca/c2*1-3-5-7-10-16-14-18-13-9-12-17(11-8-6-4-2)20(18)19(15-16)24(21,22)23;/h2*9,12-15H,3-8,10-11H2,1-2H3,(H,21,22,23);/q;;+2/p-2. The minimum atomic E-state index is -4.49. The van der Waals surface area contributed by atoms with Gasteiger partial charge in [-0.1, -0.05) is 128 Å². The monoisotopic (exact) mass is 734 g/mol. The summed E-state index contributed by atoms with van der Waals surface area (Å²) in [6.07, 6.45) is 16.1. The van der Waals surface area contributed by atoms with E-state index in [1.165, 1.54) is 0 Å². The molecule has 0 aliphatic rings. The van der Waals surface area contributed by atoms with Gasteiger partial charge in [-0.3, -0.25) is 0 Å². The Bertz CT molecular complexity index is 1700. The van der Waals surface area contributed by atoms with E-state index in [-0.39, 0.29) is 47.5 Å². The van der Waals surface area contributed by atoms with Crippen LogP contribution in [0.3, 0.4) is 0 Å². The topological polar surface area (TPSA) is 114 Å². The molecule has 264 valence electrons. The van der Waals surface area contributed by atoms with Crippen LogP contribution in [0.5, 0.6) is 0 Å². The summed E-state index contributed by atoms with van der Waals surface area (Å²) < 4.78 is 71.1. The number of rotatable bonds is 18. The number of hydrogen-bond acceptors (Lipinski definition) is 6. The predicted molar refractivity (Wildman–Crippen MR) is 202 cm³/mol. The normalized spacial score (nSPS) is 11.7. The Labute approximate surface area is 326 Å². The van der Waals surface area contributed by atoms with E-state index in [9.17, 15) is 25.9 Å². The summed E-state index contributed by atoms with van der Waals surface area (Å²) in [4.78, 5) is -0.0859. The molecule has 4 aromatic carbocycles. The van der Waals surface area contributed by atoms with E-state index in [4.69, 9.17) is 0 Å². The van der Waals surface area contributed by atoms with Gasteiger partial charge in [0.1, 0.15) is 20.2 Å². The van der Waals surface area contributed by atoms with Gasteiger partial charge in [0, 0.05) is 10.8 Å². The van der Waals surface area contributed by atoms with Gasteiger partial charge in [-0.05, 0) is 96.5 Å². The molecule has 0 radical (unpaired) electrons. The molecular formula is C40H54CaO6S2. The third kappa shape index (κ3) is 13.5. The van der Waals surface area contributed by atoms with Crippen LogP contribution >= 0.6 is 0 Å². The van der Waals surface area contributed by atoms with Crippen molar-refractivity contribution in [2.24, 2.45) is 0 Å². The van der Waals surface area contributed by atoms with Crippen LogP contribution in [0.1, 0.15) is 127 Å². The van der Waals surface area contributed by atoms with Gasteiger partial charge in [-0.2, -0.15) is 0 Å². The number of fused-ring (bicyclic) bond motifs is 2. The molecular weight excluding hydrogens is 681 g/mol. The minimum absolute atomic E-state index is 0. The summed E-state index contributed by atoms with van der Waals surface area (Å²) in [6, 6.07) is 18.9. The molecule has 9 heteroatoms. The first kappa shape index (κ1) is 43.6. The average Bonchev–Trinajstić information content (AvgIpc) is 3.04. The van der Waals surface area contributed by atoms with Gasteiger partial charge in [-0.25, -0.2) is 16.8 Å². The number of hydrogen-bond donors (Lipinski definition) is 0. The van der Waals surface area contributed by atoms with Crippen molar-refractivity contribution in [1.29, 1.82) is 0 Å². The van der Waals surface area contributed by atoms with Gasteiger partial charge in [0.2, 0.25) is 0 Å². The largest absolute Gasteiger partial charge is 2.00 e. The Balaban J connectivity index is 0.000000333. The van der Waals surface area contributed by atoms with Gasteiger partial charge in [0.05, 0.1) is 9.79 Å². The van der Waals surface area contributed by atoms with Gasteiger partial charge in [0.25, 0.3) is 0 Å². The van der Waals surface area contributed by atoms with E-state index in [0.717, 1.165) is 136 Å². The van der Waals surface area contributed by atoms with Crippen molar-refractivity contribution in [2.45, 2.75) is 140 Å². The van der Waals surface area contributed by atoms with Gasteiger partial charge < -0.3 is 9.11 Å². The molecule has 0 heterocycles. The first-order valence-corrected chi connectivity index (χ1v) is 20.8. The van der Waals surface area contributed by atoms with Crippen LogP contribution in [0.25, 0.3) is 21.5 Å².